The van der Waals surface area contributed by atoms with E-state index in [1.807, 2.05) is 42.5 Å². The molecule has 1 unspecified atom stereocenters. The van der Waals surface area contributed by atoms with Crippen LogP contribution in [0.2, 0.25) is 0 Å². The zero-order chi connectivity index (χ0) is 22.0. The molecule has 0 amide bonds. The molecule has 0 aliphatic rings. The first-order chi connectivity index (χ1) is 15.0. The third-order valence-corrected chi connectivity index (χ3v) is 5.78. The van der Waals surface area contributed by atoms with Crippen molar-refractivity contribution >= 4 is 21.7 Å². The Morgan fingerprint density at radius 1 is 0.871 bits per heavy atom. The first kappa shape index (κ1) is 20.8. The van der Waals surface area contributed by atoms with Crippen molar-refractivity contribution < 1.29 is 18.6 Å². The van der Waals surface area contributed by atoms with Gasteiger partial charge in [-0.05, 0) is 36.1 Å². The highest BCUT2D eigenvalue weighted by Crippen LogP contribution is 2.36. The molecule has 0 saturated heterocycles. The van der Waals surface area contributed by atoms with Gasteiger partial charge in [-0.25, -0.2) is 4.79 Å². The molecule has 31 heavy (non-hydrogen) atoms. The fraction of sp³-hybridized carbons (Fsp3) is 0.269. The van der Waals surface area contributed by atoms with E-state index in [-0.39, 0.29) is 5.63 Å². The topological polar surface area (TPSA) is 57.9 Å². The highest BCUT2D eigenvalue weighted by atomic mass is 16.5. The SMILES string of the molecule is CCC(C)c1ccc2c(c1)c(=O)oc1cc(OCc3ccccc3OC)c(OC)cc12. The number of para-hydroxylation sites is 1. The maximum atomic E-state index is 12.7. The molecule has 1 heterocycles. The summed E-state index contributed by atoms with van der Waals surface area (Å²) in [6.45, 7) is 4.58. The van der Waals surface area contributed by atoms with E-state index in [1.165, 1.54) is 0 Å². The van der Waals surface area contributed by atoms with Crippen LogP contribution < -0.4 is 19.8 Å². The van der Waals surface area contributed by atoms with Crippen LogP contribution >= 0.6 is 0 Å². The lowest BCUT2D eigenvalue weighted by Crippen LogP contribution is -2.03. The Morgan fingerprint density at radius 2 is 1.65 bits per heavy atom. The minimum Gasteiger partial charge on any atom is -0.496 e. The Kier molecular flexibility index (Phi) is 5.85. The average molecular weight is 418 g/mol. The van der Waals surface area contributed by atoms with E-state index in [1.54, 1.807) is 20.3 Å². The van der Waals surface area contributed by atoms with Crippen LogP contribution in [0.5, 0.6) is 17.2 Å². The fourth-order valence-electron chi connectivity index (χ4n) is 3.75. The van der Waals surface area contributed by atoms with Crippen LogP contribution in [0.25, 0.3) is 21.7 Å². The van der Waals surface area contributed by atoms with Gasteiger partial charge in [-0.3, -0.25) is 0 Å². The van der Waals surface area contributed by atoms with Gasteiger partial charge in [0.2, 0.25) is 0 Å². The lowest BCUT2D eigenvalue weighted by Gasteiger charge is -2.14. The molecule has 4 aromatic rings. The van der Waals surface area contributed by atoms with Gasteiger partial charge >= 0.3 is 5.63 Å². The molecule has 3 aromatic carbocycles. The van der Waals surface area contributed by atoms with Crippen molar-refractivity contribution in [2.24, 2.45) is 0 Å². The lowest BCUT2D eigenvalue weighted by molar-refractivity contribution is 0.278. The quantitative estimate of drug-likeness (QED) is 0.270. The molecular formula is C26H26O5. The molecule has 1 atom stereocenters. The zero-order valence-electron chi connectivity index (χ0n) is 18.2. The summed E-state index contributed by atoms with van der Waals surface area (Å²) in [5.74, 6) is 2.19. The maximum Gasteiger partial charge on any atom is 0.344 e. The van der Waals surface area contributed by atoms with Crippen molar-refractivity contribution in [2.75, 3.05) is 14.2 Å². The minimum atomic E-state index is -0.353. The summed E-state index contributed by atoms with van der Waals surface area (Å²) in [6.07, 6.45) is 1.01. The monoisotopic (exact) mass is 418 g/mol. The normalized spacial score (nSPS) is 12.1. The van der Waals surface area contributed by atoms with Crippen LogP contribution in [0.4, 0.5) is 0 Å². The van der Waals surface area contributed by atoms with Crippen LogP contribution in [0.1, 0.15) is 37.3 Å². The molecule has 4 rings (SSSR count). The van der Waals surface area contributed by atoms with Gasteiger partial charge in [0.25, 0.3) is 0 Å². The van der Waals surface area contributed by atoms with E-state index in [4.69, 9.17) is 18.6 Å². The summed E-state index contributed by atoms with van der Waals surface area (Å²) in [5.41, 5.74) is 2.15. The Morgan fingerprint density at radius 3 is 2.39 bits per heavy atom. The molecule has 0 saturated carbocycles. The second-order valence-corrected chi connectivity index (χ2v) is 7.60. The molecule has 0 aliphatic heterocycles. The molecule has 0 fully saturated rings. The molecule has 0 N–H and O–H groups in total. The lowest BCUT2D eigenvalue weighted by atomic mass is 9.95. The van der Waals surface area contributed by atoms with Crippen LogP contribution in [-0.4, -0.2) is 14.2 Å². The van der Waals surface area contributed by atoms with Crippen molar-refractivity contribution in [3.05, 3.63) is 76.1 Å². The van der Waals surface area contributed by atoms with Crippen LogP contribution in [0.3, 0.4) is 0 Å². The smallest absolute Gasteiger partial charge is 0.344 e. The number of ether oxygens (including phenoxy) is 3. The molecule has 1 aromatic heterocycles. The number of fused-ring (bicyclic) bond motifs is 3. The maximum absolute atomic E-state index is 12.7. The summed E-state index contributed by atoms with van der Waals surface area (Å²) in [4.78, 5) is 12.7. The summed E-state index contributed by atoms with van der Waals surface area (Å²) >= 11 is 0. The van der Waals surface area contributed by atoms with Crippen LogP contribution in [0, 0.1) is 0 Å². The first-order valence-electron chi connectivity index (χ1n) is 10.4. The second-order valence-electron chi connectivity index (χ2n) is 7.60. The number of benzene rings is 3. The third kappa shape index (κ3) is 3.96. The van der Waals surface area contributed by atoms with E-state index in [0.717, 1.165) is 34.1 Å². The predicted octanol–water partition coefficient (Wildman–Crippen LogP) is 6.06. The minimum absolute atomic E-state index is 0.294. The van der Waals surface area contributed by atoms with Gasteiger partial charge in [0.1, 0.15) is 17.9 Å². The Balaban J connectivity index is 1.78. The molecule has 5 nitrogen and oxygen atoms in total. The first-order valence-corrected chi connectivity index (χ1v) is 10.4. The van der Waals surface area contributed by atoms with Crippen molar-refractivity contribution in [3.8, 4) is 17.2 Å². The van der Waals surface area contributed by atoms with E-state index in [9.17, 15) is 4.79 Å². The number of hydrogen-bond acceptors (Lipinski definition) is 5. The summed E-state index contributed by atoms with van der Waals surface area (Å²) < 4.78 is 22.6. The van der Waals surface area contributed by atoms with E-state index in [2.05, 4.69) is 19.9 Å². The van der Waals surface area contributed by atoms with E-state index < -0.39 is 0 Å². The van der Waals surface area contributed by atoms with E-state index >= 15 is 0 Å². The molecule has 0 spiro atoms. The molecule has 0 bridgehead atoms. The van der Waals surface area contributed by atoms with Gasteiger partial charge in [0.15, 0.2) is 11.5 Å². The second kappa shape index (κ2) is 8.72. The highest BCUT2D eigenvalue weighted by molar-refractivity contribution is 6.05. The number of hydrogen-bond donors (Lipinski definition) is 0. The Labute approximate surface area is 181 Å². The van der Waals surface area contributed by atoms with Crippen molar-refractivity contribution in [1.82, 2.24) is 0 Å². The molecule has 5 heteroatoms. The zero-order valence-corrected chi connectivity index (χ0v) is 18.2. The van der Waals surface area contributed by atoms with Gasteiger partial charge in [-0.1, -0.05) is 44.2 Å². The Hall–Kier alpha value is -3.47. The molecule has 160 valence electrons. The Bertz CT molecular complexity index is 1290. The predicted molar refractivity (Wildman–Crippen MR) is 123 cm³/mol. The van der Waals surface area contributed by atoms with E-state index in [0.29, 0.717) is 35.0 Å². The standard InChI is InChI=1S/C26H26O5/c1-5-16(2)17-10-11-19-20-13-24(29-4)25(14-23(20)31-26(27)21(19)12-17)30-15-18-8-6-7-9-22(18)28-3/h6-14,16H,5,15H2,1-4H3. The molecular weight excluding hydrogens is 392 g/mol. The van der Waals surface area contributed by atoms with Crippen molar-refractivity contribution in [1.29, 1.82) is 0 Å². The molecule has 0 aliphatic carbocycles. The number of methoxy groups -OCH3 is 2. The van der Waals surface area contributed by atoms with Gasteiger partial charge in [-0.2, -0.15) is 0 Å². The summed E-state index contributed by atoms with van der Waals surface area (Å²) in [6, 6.07) is 17.2. The summed E-state index contributed by atoms with van der Waals surface area (Å²) in [7, 11) is 3.22. The van der Waals surface area contributed by atoms with Crippen LogP contribution in [-0.2, 0) is 6.61 Å². The largest absolute Gasteiger partial charge is 0.496 e. The van der Waals surface area contributed by atoms with Crippen molar-refractivity contribution in [3.63, 3.8) is 0 Å². The average Bonchev–Trinajstić information content (AvgIpc) is 2.81. The van der Waals surface area contributed by atoms with Gasteiger partial charge in [0.05, 0.1) is 19.6 Å². The third-order valence-electron chi connectivity index (χ3n) is 5.78. The van der Waals surface area contributed by atoms with Crippen LogP contribution in [0.15, 0.2) is 63.8 Å². The van der Waals surface area contributed by atoms with Gasteiger partial charge in [0, 0.05) is 22.4 Å². The van der Waals surface area contributed by atoms with Gasteiger partial charge in [-0.15, -0.1) is 0 Å². The number of rotatable bonds is 7. The summed E-state index contributed by atoms with van der Waals surface area (Å²) in [5, 5.41) is 2.23. The molecule has 0 radical (unpaired) electrons. The highest BCUT2D eigenvalue weighted by Gasteiger charge is 2.15. The van der Waals surface area contributed by atoms with Gasteiger partial charge < -0.3 is 18.6 Å². The van der Waals surface area contributed by atoms with Crippen molar-refractivity contribution in [2.45, 2.75) is 32.8 Å². The fourth-order valence-corrected chi connectivity index (χ4v) is 3.75.